The van der Waals surface area contributed by atoms with Gasteiger partial charge in [-0.15, -0.1) is 11.8 Å². The lowest BCUT2D eigenvalue weighted by Gasteiger charge is -2.12. The van der Waals surface area contributed by atoms with Gasteiger partial charge in [0.15, 0.2) is 11.5 Å². The number of anilines is 1. The Labute approximate surface area is 186 Å². The molecule has 31 heavy (non-hydrogen) atoms. The topological polar surface area (TPSA) is 76.7 Å². The van der Waals surface area contributed by atoms with Gasteiger partial charge in [0, 0.05) is 11.4 Å². The second-order valence-corrected chi connectivity index (χ2v) is 7.62. The van der Waals surface area contributed by atoms with Gasteiger partial charge in [-0.25, -0.2) is 0 Å². The molecule has 3 rings (SSSR count). The highest BCUT2D eigenvalue weighted by molar-refractivity contribution is 8.00. The molecule has 2 amide bonds. The quantitative estimate of drug-likeness (QED) is 0.487. The van der Waals surface area contributed by atoms with Gasteiger partial charge in [-0.3, -0.25) is 9.59 Å². The molecular formula is C24H24N2O4S. The van der Waals surface area contributed by atoms with E-state index in [9.17, 15) is 9.59 Å². The normalized spacial score (nSPS) is 10.3. The average molecular weight is 437 g/mol. The zero-order valence-electron chi connectivity index (χ0n) is 17.4. The molecule has 0 aliphatic rings. The number of rotatable bonds is 9. The van der Waals surface area contributed by atoms with Gasteiger partial charge in [-0.2, -0.15) is 0 Å². The molecule has 0 unspecified atom stereocenters. The summed E-state index contributed by atoms with van der Waals surface area (Å²) in [6, 6.07) is 22.1. The molecule has 0 aliphatic carbocycles. The Kier molecular flexibility index (Phi) is 7.95. The Morgan fingerprint density at radius 2 is 1.58 bits per heavy atom. The number of para-hydroxylation sites is 1. The number of carbonyl (C=O) groups is 2. The maximum absolute atomic E-state index is 12.6. The minimum Gasteiger partial charge on any atom is -0.493 e. The third-order valence-corrected chi connectivity index (χ3v) is 5.46. The number of hydrogen-bond acceptors (Lipinski definition) is 5. The first-order valence-corrected chi connectivity index (χ1v) is 10.6. The number of nitrogens with one attached hydrogen (secondary N) is 2. The van der Waals surface area contributed by atoms with Gasteiger partial charge in [0.1, 0.15) is 0 Å². The highest BCUT2D eigenvalue weighted by Crippen LogP contribution is 2.31. The van der Waals surface area contributed by atoms with Crippen LogP contribution in [-0.4, -0.2) is 31.8 Å². The highest BCUT2D eigenvalue weighted by Gasteiger charge is 2.14. The Morgan fingerprint density at radius 3 is 2.32 bits per heavy atom. The molecule has 0 atom stereocenters. The number of methoxy groups -OCH3 is 2. The van der Waals surface area contributed by atoms with Crippen molar-refractivity contribution < 1.29 is 19.1 Å². The minimum atomic E-state index is -0.243. The second kappa shape index (κ2) is 11.1. The van der Waals surface area contributed by atoms with Crippen LogP contribution in [0, 0.1) is 0 Å². The van der Waals surface area contributed by atoms with E-state index in [1.807, 2.05) is 42.5 Å². The van der Waals surface area contributed by atoms with Crippen molar-refractivity contribution in [2.45, 2.75) is 11.4 Å². The molecule has 3 aromatic rings. The number of carbonyl (C=O) groups excluding carboxylic acids is 2. The van der Waals surface area contributed by atoms with Crippen molar-refractivity contribution in [1.29, 1.82) is 0 Å². The molecule has 0 aliphatic heterocycles. The molecule has 7 heteroatoms. The van der Waals surface area contributed by atoms with E-state index < -0.39 is 0 Å². The van der Waals surface area contributed by atoms with Crippen molar-refractivity contribution in [3.8, 4) is 11.5 Å². The predicted molar refractivity (Wildman–Crippen MR) is 123 cm³/mol. The van der Waals surface area contributed by atoms with Crippen LogP contribution >= 0.6 is 11.8 Å². The van der Waals surface area contributed by atoms with Crippen LogP contribution in [0.15, 0.2) is 77.7 Å². The van der Waals surface area contributed by atoms with E-state index in [1.54, 1.807) is 44.6 Å². The number of ether oxygens (including phenoxy) is 2. The molecule has 0 heterocycles. The Bertz CT molecular complexity index is 1040. The van der Waals surface area contributed by atoms with Gasteiger partial charge in [0.25, 0.3) is 5.91 Å². The second-order valence-electron chi connectivity index (χ2n) is 6.57. The van der Waals surface area contributed by atoms with E-state index in [0.29, 0.717) is 29.3 Å². The van der Waals surface area contributed by atoms with Crippen molar-refractivity contribution in [2.75, 3.05) is 25.3 Å². The van der Waals surface area contributed by atoms with Crippen molar-refractivity contribution in [1.82, 2.24) is 5.32 Å². The van der Waals surface area contributed by atoms with Crippen LogP contribution in [0.3, 0.4) is 0 Å². The summed E-state index contributed by atoms with van der Waals surface area (Å²) in [5.41, 5.74) is 1.90. The summed E-state index contributed by atoms with van der Waals surface area (Å²) in [7, 11) is 3.14. The van der Waals surface area contributed by atoms with Crippen LogP contribution in [0.1, 0.15) is 15.9 Å². The molecular weight excluding hydrogens is 412 g/mol. The molecule has 0 bridgehead atoms. The maximum Gasteiger partial charge on any atom is 0.253 e. The Hall–Kier alpha value is -3.45. The summed E-state index contributed by atoms with van der Waals surface area (Å²) < 4.78 is 10.5. The molecule has 6 nitrogen and oxygen atoms in total. The Balaban J connectivity index is 1.59. The number of hydrogen-bond donors (Lipinski definition) is 2. The summed E-state index contributed by atoms with van der Waals surface area (Å²) in [5, 5.41) is 5.72. The zero-order valence-corrected chi connectivity index (χ0v) is 18.2. The van der Waals surface area contributed by atoms with Crippen molar-refractivity contribution in [3.63, 3.8) is 0 Å². The monoisotopic (exact) mass is 436 g/mol. The van der Waals surface area contributed by atoms with Crippen LogP contribution in [0.4, 0.5) is 5.69 Å². The summed E-state index contributed by atoms with van der Waals surface area (Å²) in [6.45, 7) is 0.414. The van der Waals surface area contributed by atoms with E-state index >= 15 is 0 Å². The summed E-state index contributed by atoms with van der Waals surface area (Å²) in [4.78, 5) is 26.0. The van der Waals surface area contributed by atoms with Gasteiger partial charge in [-0.05, 0) is 35.9 Å². The lowest BCUT2D eigenvalue weighted by Crippen LogP contribution is -2.25. The van der Waals surface area contributed by atoms with Crippen molar-refractivity contribution >= 4 is 29.3 Å². The number of benzene rings is 3. The lowest BCUT2D eigenvalue weighted by atomic mass is 10.1. The standard InChI is InChI=1S/C24H24N2O4S/c1-29-21-13-12-18(14-22(21)30-2)31-16-23(27)26-20-11-7-6-10-19(20)24(28)25-15-17-8-4-3-5-9-17/h3-14H,15-16H2,1-2H3,(H,25,28)(H,26,27). The molecule has 3 aromatic carbocycles. The van der Waals surface area contributed by atoms with Crippen LogP contribution in [0.25, 0.3) is 0 Å². The van der Waals surface area contributed by atoms with Crippen molar-refractivity contribution in [3.05, 3.63) is 83.9 Å². The smallest absolute Gasteiger partial charge is 0.253 e. The molecule has 0 aromatic heterocycles. The molecule has 0 fully saturated rings. The maximum atomic E-state index is 12.6. The van der Waals surface area contributed by atoms with Gasteiger partial charge < -0.3 is 20.1 Å². The fourth-order valence-corrected chi connectivity index (χ4v) is 3.63. The van der Waals surface area contributed by atoms with Gasteiger partial charge in [0.05, 0.1) is 31.2 Å². The third-order valence-electron chi connectivity index (χ3n) is 4.47. The van der Waals surface area contributed by atoms with Gasteiger partial charge >= 0.3 is 0 Å². The van der Waals surface area contributed by atoms with E-state index in [2.05, 4.69) is 10.6 Å². The van der Waals surface area contributed by atoms with Gasteiger partial charge in [0.2, 0.25) is 5.91 Å². The summed E-state index contributed by atoms with van der Waals surface area (Å²) in [6.07, 6.45) is 0. The molecule has 0 saturated heterocycles. The fourth-order valence-electron chi connectivity index (χ4n) is 2.91. The first-order valence-electron chi connectivity index (χ1n) is 9.66. The lowest BCUT2D eigenvalue weighted by molar-refractivity contribution is -0.113. The first kappa shape index (κ1) is 22.2. The molecule has 0 spiro atoms. The van der Waals surface area contributed by atoms with E-state index in [0.717, 1.165) is 10.5 Å². The number of thioether (sulfide) groups is 1. The third kappa shape index (κ3) is 6.26. The first-order chi connectivity index (χ1) is 15.1. The molecule has 0 saturated carbocycles. The molecule has 160 valence electrons. The molecule has 0 radical (unpaired) electrons. The summed E-state index contributed by atoms with van der Waals surface area (Å²) in [5.74, 6) is 0.977. The van der Waals surface area contributed by atoms with E-state index in [1.165, 1.54) is 11.8 Å². The van der Waals surface area contributed by atoms with Crippen LogP contribution in [0.5, 0.6) is 11.5 Å². The SMILES string of the molecule is COc1ccc(SCC(=O)Nc2ccccc2C(=O)NCc2ccccc2)cc1OC. The van der Waals surface area contributed by atoms with Crippen LogP contribution in [-0.2, 0) is 11.3 Å². The predicted octanol–water partition coefficient (Wildman–Crippen LogP) is 4.36. The number of amides is 2. The van der Waals surface area contributed by atoms with E-state index in [-0.39, 0.29) is 17.6 Å². The van der Waals surface area contributed by atoms with Crippen molar-refractivity contribution in [2.24, 2.45) is 0 Å². The Morgan fingerprint density at radius 1 is 0.871 bits per heavy atom. The van der Waals surface area contributed by atoms with E-state index in [4.69, 9.17) is 9.47 Å². The van der Waals surface area contributed by atoms with Crippen LogP contribution < -0.4 is 20.1 Å². The fraction of sp³-hybridized carbons (Fsp3) is 0.167. The average Bonchev–Trinajstić information content (AvgIpc) is 2.82. The largest absolute Gasteiger partial charge is 0.493 e. The van der Waals surface area contributed by atoms with Gasteiger partial charge in [-0.1, -0.05) is 42.5 Å². The zero-order chi connectivity index (χ0) is 22.1. The summed E-state index contributed by atoms with van der Waals surface area (Å²) >= 11 is 1.37. The molecule has 2 N–H and O–H groups in total. The minimum absolute atomic E-state index is 0.190. The van der Waals surface area contributed by atoms with Crippen LogP contribution in [0.2, 0.25) is 0 Å². The highest BCUT2D eigenvalue weighted by atomic mass is 32.2.